The molecule has 1 aromatic heterocycles. The Balaban J connectivity index is 2.14. The lowest BCUT2D eigenvalue weighted by Gasteiger charge is -2.05. The number of anilines is 1. The molecule has 0 saturated carbocycles. The van der Waals surface area contributed by atoms with E-state index in [1.807, 2.05) is 0 Å². The molecule has 102 valence electrons. The van der Waals surface area contributed by atoms with E-state index in [0.29, 0.717) is 5.02 Å². The molecule has 8 heteroatoms. The molecular formula is C11H13ClN4O2S. The van der Waals surface area contributed by atoms with Gasteiger partial charge in [0.25, 0.3) is 0 Å². The van der Waals surface area contributed by atoms with E-state index in [9.17, 15) is 8.42 Å². The summed E-state index contributed by atoms with van der Waals surface area (Å²) in [5.74, 6) is -0.0221. The summed E-state index contributed by atoms with van der Waals surface area (Å²) in [5.41, 5.74) is 6.35. The van der Waals surface area contributed by atoms with Crippen LogP contribution in [-0.4, -0.2) is 18.2 Å². The maximum Gasteiger partial charge on any atom is 0.246 e. The van der Waals surface area contributed by atoms with Crippen LogP contribution >= 0.6 is 11.6 Å². The number of nitrogens with one attached hydrogen (secondary N) is 1. The number of nitrogens with zero attached hydrogens (tertiary/aromatic N) is 2. The Kier molecular flexibility index (Phi) is 3.79. The van der Waals surface area contributed by atoms with Gasteiger partial charge in [0.2, 0.25) is 10.0 Å². The molecular weight excluding hydrogens is 288 g/mol. The lowest BCUT2D eigenvalue weighted by molar-refractivity contribution is 0.581. The summed E-state index contributed by atoms with van der Waals surface area (Å²) in [6.45, 7) is 0.161. The van der Waals surface area contributed by atoms with Crippen molar-refractivity contribution in [1.82, 2.24) is 14.5 Å². The van der Waals surface area contributed by atoms with Crippen molar-refractivity contribution in [2.45, 2.75) is 11.4 Å². The van der Waals surface area contributed by atoms with Crippen LogP contribution in [0.5, 0.6) is 0 Å². The Morgan fingerprint density at radius 1 is 1.37 bits per heavy atom. The third-order valence-corrected chi connectivity index (χ3v) is 4.16. The minimum Gasteiger partial charge on any atom is -0.381 e. The fourth-order valence-corrected chi connectivity index (χ4v) is 2.79. The first-order chi connectivity index (χ1) is 8.88. The van der Waals surface area contributed by atoms with Crippen LogP contribution in [0.2, 0.25) is 5.02 Å². The smallest absolute Gasteiger partial charge is 0.246 e. The predicted molar refractivity (Wildman–Crippen MR) is 73.1 cm³/mol. The molecule has 0 aliphatic carbocycles. The van der Waals surface area contributed by atoms with Gasteiger partial charge in [0.05, 0.1) is 0 Å². The summed E-state index contributed by atoms with van der Waals surface area (Å²) in [5, 5.41) is 4.40. The maximum absolute atomic E-state index is 12.0. The topological polar surface area (TPSA) is 90.0 Å². The van der Waals surface area contributed by atoms with Crippen LogP contribution < -0.4 is 10.5 Å². The first-order valence-electron chi connectivity index (χ1n) is 5.42. The maximum atomic E-state index is 12.0. The predicted octanol–water partition coefficient (Wildman–Crippen LogP) is 1.13. The van der Waals surface area contributed by atoms with Crippen LogP contribution in [-0.2, 0) is 23.6 Å². The zero-order valence-electron chi connectivity index (χ0n) is 10.2. The Morgan fingerprint density at radius 3 is 2.53 bits per heavy atom. The first kappa shape index (κ1) is 13.9. The van der Waals surface area contributed by atoms with Crippen molar-refractivity contribution in [2.75, 3.05) is 5.73 Å². The van der Waals surface area contributed by atoms with Crippen LogP contribution in [0.15, 0.2) is 35.4 Å². The van der Waals surface area contributed by atoms with Gasteiger partial charge in [0.1, 0.15) is 4.90 Å². The fourth-order valence-electron chi connectivity index (χ4n) is 1.55. The minimum atomic E-state index is -3.67. The fraction of sp³-hybridized carbons (Fsp3) is 0.182. The van der Waals surface area contributed by atoms with Crippen molar-refractivity contribution in [3.05, 3.63) is 41.0 Å². The summed E-state index contributed by atoms with van der Waals surface area (Å²) >= 11 is 5.75. The van der Waals surface area contributed by atoms with Gasteiger partial charge in [-0.1, -0.05) is 23.7 Å². The Morgan fingerprint density at radius 2 is 2.00 bits per heavy atom. The third kappa shape index (κ3) is 3.25. The van der Waals surface area contributed by atoms with Crippen molar-refractivity contribution in [2.24, 2.45) is 7.05 Å². The quantitative estimate of drug-likeness (QED) is 0.886. The van der Waals surface area contributed by atoms with Crippen LogP contribution in [0.25, 0.3) is 0 Å². The molecule has 1 aromatic carbocycles. The van der Waals surface area contributed by atoms with E-state index in [-0.39, 0.29) is 17.3 Å². The SMILES string of the molecule is Cn1cc(S(=O)(=O)NCc2ccc(Cl)cc2)c(N)n1. The van der Waals surface area contributed by atoms with Crippen LogP contribution in [0.1, 0.15) is 5.56 Å². The van der Waals surface area contributed by atoms with E-state index in [1.165, 1.54) is 10.9 Å². The zero-order chi connectivity index (χ0) is 14.0. The number of halogens is 1. The highest BCUT2D eigenvalue weighted by atomic mass is 35.5. The molecule has 0 aliphatic rings. The highest BCUT2D eigenvalue weighted by Crippen LogP contribution is 2.16. The molecule has 2 aromatic rings. The standard InChI is InChI=1S/C11H13ClN4O2S/c1-16-7-10(11(13)15-16)19(17,18)14-6-8-2-4-9(12)5-3-8/h2-5,7,14H,6H2,1H3,(H2,13,15). The zero-order valence-corrected chi connectivity index (χ0v) is 11.7. The summed E-state index contributed by atoms with van der Waals surface area (Å²) in [6.07, 6.45) is 1.36. The third-order valence-electron chi connectivity index (χ3n) is 2.49. The van der Waals surface area contributed by atoms with Crippen molar-refractivity contribution in [1.29, 1.82) is 0 Å². The van der Waals surface area contributed by atoms with Gasteiger partial charge in [-0.15, -0.1) is 0 Å². The monoisotopic (exact) mass is 300 g/mol. The van der Waals surface area contributed by atoms with E-state index in [2.05, 4.69) is 9.82 Å². The van der Waals surface area contributed by atoms with Crippen molar-refractivity contribution < 1.29 is 8.42 Å². The average Bonchev–Trinajstić information content (AvgIpc) is 2.69. The van der Waals surface area contributed by atoms with Gasteiger partial charge in [-0.2, -0.15) is 5.10 Å². The Bertz CT molecular complexity index is 679. The average molecular weight is 301 g/mol. The number of hydrogen-bond donors (Lipinski definition) is 2. The summed E-state index contributed by atoms with van der Waals surface area (Å²) in [4.78, 5) is -0.0241. The molecule has 0 spiro atoms. The van der Waals surface area contributed by atoms with Crippen LogP contribution in [0, 0.1) is 0 Å². The minimum absolute atomic E-state index is 0.0221. The van der Waals surface area contributed by atoms with E-state index in [0.717, 1.165) is 5.56 Å². The first-order valence-corrected chi connectivity index (χ1v) is 7.28. The number of sulfonamides is 1. The van der Waals surface area contributed by atoms with Gasteiger partial charge in [-0.05, 0) is 17.7 Å². The second kappa shape index (κ2) is 5.20. The number of nitrogens with two attached hydrogens (primary N) is 1. The number of aromatic nitrogens is 2. The molecule has 0 saturated heterocycles. The second-order valence-electron chi connectivity index (χ2n) is 4.00. The van der Waals surface area contributed by atoms with Gasteiger partial charge < -0.3 is 5.73 Å². The molecule has 0 radical (unpaired) electrons. The van der Waals surface area contributed by atoms with Gasteiger partial charge in [0, 0.05) is 24.8 Å². The lowest BCUT2D eigenvalue weighted by atomic mass is 10.2. The van der Waals surface area contributed by atoms with E-state index < -0.39 is 10.0 Å². The van der Waals surface area contributed by atoms with Gasteiger partial charge in [0.15, 0.2) is 5.82 Å². The summed E-state index contributed by atoms with van der Waals surface area (Å²) < 4.78 is 27.9. The normalized spacial score (nSPS) is 11.7. The van der Waals surface area contributed by atoms with Gasteiger partial charge >= 0.3 is 0 Å². The summed E-state index contributed by atoms with van der Waals surface area (Å²) in [6, 6.07) is 6.89. The summed E-state index contributed by atoms with van der Waals surface area (Å²) in [7, 11) is -2.06. The molecule has 0 bridgehead atoms. The molecule has 1 heterocycles. The Hall–Kier alpha value is -1.57. The molecule has 0 aliphatic heterocycles. The van der Waals surface area contributed by atoms with E-state index in [4.69, 9.17) is 17.3 Å². The lowest BCUT2D eigenvalue weighted by Crippen LogP contribution is -2.23. The molecule has 0 unspecified atom stereocenters. The second-order valence-corrected chi connectivity index (χ2v) is 6.18. The number of aryl methyl sites for hydroxylation is 1. The molecule has 0 atom stereocenters. The molecule has 0 amide bonds. The molecule has 2 rings (SSSR count). The molecule has 3 N–H and O–H groups in total. The largest absolute Gasteiger partial charge is 0.381 e. The van der Waals surface area contributed by atoms with Gasteiger partial charge in [-0.25, -0.2) is 13.1 Å². The molecule has 0 fully saturated rings. The Labute approximate surface area is 116 Å². The highest BCUT2D eigenvalue weighted by molar-refractivity contribution is 7.89. The van der Waals surface area contributed by atoms with Crippen molar-refractivity contribution in [3.8, 4) is 0 Å². The molecule has 6 nitrogen and oxygen atoms in total. The number of hydrogen-bond acceptors (Lipinski definition) is 4. The number of nitrogen functional groups attached to an aromatic ring is 1. The number of benzene rings is 1. The van der Waals surface area contributed by atoms with E-state index >= 15 is 0 Å². The van der Waals surface area contributed by atoms with Crippen LogP contribution in [0.4, 0.5) is 5.82 Å². The van der Waals surface area contributed by atoms with Crippen molar-refractivity contribution >= 4 is 27.4 Å². The highest BCUT2D eigenvalue weighted by Gasteiger charge is 2.20. The van der Waals surface area contributed by atoms with Gasteiger partial charge in [-0.3, -0.25) is 4.68 Å². The van der Waals surface area contributed by atoms with Crippen molar-refractivity contribution in [3.63, 3.8) is 0 Å². The molecule has 19 heavy (non-hydrogen) atoms. The van der Waals surface area contributed by atoms with E-state index in [1.54, 1.807) is 31.3 Å². The number of rotatable bonds is 4. The van der Waals surface area contributed by atoms with Crippen LogP contribution in [0.3, 0.4) is 0 Å².